The highest BCUT2D eigenvalue weighted by molar-refractivity contribution is 7.89. The number of hydrogen-bond acceptors (Lipinski definition) is 6. The minimum Gasteiger partial charge on any atom is -0.323 e. The van der Waals surface area contributed by atoms with E-state index in [1.54, 1.807) is 54.6 Å². The molecule has 0 radical (unpaired) electrons. The summed E-state index contributed by atoms with van der Waals surface area (Å²) in [4.78, 5) is 19.1. The fraction of sp³-hybridized carbons (Fsp3) is 0.0357. The van der Waals surface area contributed by atoms with Gasteiger partial charge in [-0.05, 0) is 60.7 Å². The summed E-state index contributed by atoms with van der Waals surface area (Å²) in [6.07, 6.45) is -4.47. The Balaban J connectivity index is 1.33. The molecule has 3 N–H and O–H groups in total. The van der Waals surface area contributed by atoms with Crippen LogP contribution in [0.15, 0.2) is 114 Å². The highest BCUT2D eigenvalue weighted by Crippen LogP contribution is 2.31. The van der Waals surface area contributed by atoms with Crippen LogP contribution in [0.5, 0.6) is 0 Å². The fourth-order valence-corrected chi connectivity index (χ4v) is 4.65. The molecule has 1 aromatic heterocycles. The van der Waals surface area contributed by atoms with Crippen LogP contribution in [0.25, 0.3) is 17.1 Å². The number of anilines is 2. The van der Waals surface area contributed by atoms with E-state index < -0.39 is 27.7 Å². The number of rotatable bonds is 8. The van der Waals surface area contributed by atoms with Crippen LogP contribution in [0.1, 0.15) is 15.9 Å². The molecule has 5 rings (SSSR count). The van der Waals surface area contributed by atoms with Crippen LogP contribution in [0.4, 0.5) is 24.8 Å². The molecule has 0 aliphatic heterocycles. The molecule has 0 unspecified atom stereocenters. The van der Waals surface area contributed by atoms with Gasteiger partial charge in [-0.25, -0.2) is 13.1 Å². The molecular formula is C28H21F3N6O3S. The van der Waals surface area contributed by atoms with Crippen LogP contribution in [0, 0.1) is 0 Å². The summed E-state index contributed by atoms with van der Waals surface area (Å²) in [7, 11) is -3.94. The molecule has 0 bridgehead atoms. The van der Waals surface area contributed by atoms with Crippen molar-refractivity contribution in [2.24, 2.45) is 0 Å². The third kappa shape index (κ3) is 6.42. The van der Waals surface area contributed by atoms with E-state index in [1.807, 2.05) is 6.07 Å². The second-order valence-electron chi connectivity index (χ2n) is 8.66. The van der Waals surface area contributed by atoms with Crippen LogP contribution >= 0.6 is 0 Å². The number of halogens is 3. The lowest BCUT2D eigenvalue weighted by molar-refractivity contribution is -0.137. The van der Waals surface area contributed by atoms with E-state index in [1.165, 1.54) is 41.1 Å². The number of alkyl halides is 3. The predicted octanol–water partition coefficient (Wildman–Crippen LogP) is 5.32. The van der Waals surface area contributed by atoms with Gasteiger partial charge in [0.25, 0.3) is 15.9 Å². The van der Waals surface area contributed by atoms with Gasteiger partial charge in [-0.3, -0.25) is 10.2 Å². The first-order valence-corrected chi connectivity index (χ1v) is 13.5. The molecular weight excluding hydrogens is 557 g/mol. The molecule has 4 aromatic carbocycles. The second-order valence-corrected chi connectivity index (χ2v) is 10.3. The molecule has 0 saturated heterocycles. The Morgan fingerprint density at radius 1 is 0.780 bits per heavy atom. The second kappa shape index (κ2) is 11.2. The SMILES string of the molecule is O=C(NNS(=O)(=O)c1ccccc1)c1ccc(Nc2nc(-c3ccccc3)n(-c3ccc(C(F)(F)F)cc3)n2)cc1. The van der Waals surface area contributed by atoms with E-state index in [9.17, 15) is 26.4 Å². The third-order valence-corrected chi connectivity index (χ3v) is 7.10. The van der Waals surface area contributed by atoms with Crippen molar-refractivity contribution in [2.75, 3.05) is 5.32 Å². The summed E-state index contributed by atoms with van der Waals surface area (Å²) >= 11 is 0. The first-order valence-electron chi connectivity index (χ1n) is 12.0. The quantitative estimate of drug-likeness (QED) is 0.215. The van der Waals surface area contributed by atoms with E-state index in [-0.39, 0.29) is 16.4 Å². The zero-order valence-electron chi connectivity index (χ0n) is 21.0. The molecule has 1 amide bonds. The van der Waals surface area contributed by atoms with Crippen LogP contribution in [-0.4, -0.2) is 29.1 Å². The van der Waals surface area contributed by atoms with Crippen molar-refractivity contribution < 1.29 is 26.4 Å². The number of carbonyl (C=O) groups excluding carboxylic acids is 1. The van der Waals surface area contributed by atoms with E-state index in [4.69, 9.17) is 0 Å². The fourth-order valence-electron chi connectivity index (χ4n) is 3.79. The molecule has 0 fully saturated rings. The van der Waals surface area contributed by atoms with Crippen LogP contribution in [0.2, 0.25) is 0 Å². The van der Waals surface area contributed by atoms with Crippen molar-refractivity contribution in [3.8, 4) is 17.1 Å². The number of nitrogens with one attached hydrogen (secondary N) is 3. The van der Waals surface area contributed by atoms with Gasteiger partial charge < -0.3 is 5.32 Å². The summed E-state index contributed by atoms with van der Waals surface area (Å²) in [5, 5.41) is 7.46. The van der Waals surface area contributed by atoms with E-state index >= 15 is 0 Å². The number of amides is 1. The van der Waals surface area contributed by atoms with Gasteiger partial charge in [0, 0.05) is 16.8 Å². The maximum atomic E-state index is 13.1. The summed E-state index contributed by atoms with van der Waals surface area (Å²) in [5.74, 6) is -0.113. The molecule has 0 spiro atoms. The first-order chi connectivity index (χ1) is 19.6. The van der Waals surface area contributed by atoms with Crippen molar-refractivity contribution in [3.05, 3.63) is 120 Å². The third-order valence-electron chi connectivity index (χ3n) is 5.83. The Morgan fingerprint density at radius 3 is 2.00 bits per heavy atom. The number of carbonyl (C=O) groups is 1. The van der Waals surface area contributed by atoms with Gasteiger partial charge in [0.15, 0.2) is 5.82 Å². The summed E-state index contributed by atoms with van der Waals surface area (Å²) in [6.45, 7) is 0. The average molecular weight is 579 g/mol. The molecule has 41 heavy (non-hydrogen) atoms. The summed E-state index contributed by atoms with van der Waals surface area (Å²) in [6, 6.07) is 27.3. The van der Waals surface area contributed by atoms with E-state index in [0.29, 0.717) is 22.8 Å². The zero-order valence-corrected chi connectivity index (χ0v) is 21.8. The van der Waals surface area contributed by atoms with Crippen LogP contribution < -0.4 is 15.6 Å². The molecule has 1 heterocycles. The van der Waals surface area contributed by atoms with Gasteiger partial charge in [0.2, 0.25) is 5.95 Å². The van der Waals surface area contributed by atoms with Gasteiger partial charge in [0.1, 0.15) is 0 Å². The standard InChI is InChI=1S/C28H21F3N6O3S/c29-28(30,31)21-13-17-23(18-14-21)37-25(19-7-3-1-4-8-19)33-27(35-37)32-22-15-11-20(12-16-22)26(38)34-36-41(39,40)24-9-5-2-6-10-24/h1-18,36H,(H,32,35)(H,34,38). The lowest BCUT2D eigenvalue weighted by Crippen LogP contribution is -2.41. The molecule has 208 valence electrons. The maximum Gasteiger partial charge on any atom is 0.416 e. The Kier molecular flexibility index (Phi) is 7.55. The van der Waals surface area contributed by atoms with Crippen molar-refractivity contribution in [2.45, 2.75) is 11.1 Å². The van der Waals surface area contributed by atoms with Gasteiger partial charge in [-0.1, -0.05) is 48.5 Å². The van der Waals surface area contributed by atoms with Crippen molar-refractivity contribution in [1.82, 2.24) is 25.0 Å². The van der Waals surface area contributed by atoms with E-state index in [0.717, 1.165) is 12.1 Å². The van der Waals surface area contributed by atoms with Gasteiger partial charge in [0.05, 0.1) is 16.1 Å². The van der Waals surface area contributed by atoms with Crippen molar-refractivity contribution >= 4 is 27.6 Å². The summed E-state index contributed by atoms with van der Waals surface area (Å²) in [5.41, 5.74) is 3.15. The lowest BCUT2D eigenvalue weighted by Gasteiger charge is -2.09. The van der Waals surface area contributed by atoms with Gasteiger partial charge in [-0.15, -0.1) is 9.93 Å². The molecule has 13 heteroatoms. The molecule has 5 aromatic rings. The van der Waals surface area contributed by atoms with E-state index in [2.05, 4.69) is 25.7 Å². The number of hydrazine groups is 1. The molecule has 0 atom stereocenters. The largest absolute Gasteiger partial charge is 0.416 e. The Morgan fingerprint density at radius 2 is 1.39 bits per heavy atom. The molecule has 0 aliphatic carbocycles. The Bertz CT molecular complexity index is 1760. The van der Waals surface area contributed by atoms with Crippen molar-refractivity contribution in [1.29, 1.82) is 0 Å². The number of sulfonamides is 1. The Hall–Kier alpha value is -5.01. The minimum atomic E-state index is -4.47. The molecule has 0 saturated carbocycles. The van der Waals surface area contributed by atoms with Gasteiger partial charge in [-0.2, -0.15) is 18.2 Å². The highest BCUT2D eigenvalue weighted by atomic mass is 32.2. The monoisotopic (exact) mass is 578 g/mol. The van der Waals surface area contributed by atoms with Crippen LogP contribution in [0.3, 0.4) is 0 Å². The maximum absolute atomic E-state index is 13.1. The highest BCUT2D eigenvalue weighted by Gasteiger charge is 2.30. The zero-order chi connectivity index (χ0) is 29.0. The molecule has 9 nitrogen and oxygen atoms in total. The number of nitrogens with zero attached hydrogens (tertiary/aromatic N) is 3. The normalized spacial score (nSPS) is 11.7. The number of benzene rings is 4. The topological polar surface area (TPSA) is 118 Å². The average Bonchev–Trinajstić information content (AvgIpc) is 3.40. The molecule has 0 aliphatic rings. The minimum absolute atomic E-state index is 0.00190. The van der Waals surface area contributed by atoms with Gasteiger partial charge >= 0.3 is 6.18 Å². The van der Waals surface area contributed by atoms with Crippen LogP contribution in [-0.2, 0) is 16.2 Å². The predicted molar refractivity (Wildman–Crippen MR) is 146 cm³/mol. The number of aromatic nitrogens is 3. The number of hydrogen-bond donors (Lipinski definition) is 3. The Labute approximate surface area is 232 Å². The van der Waals surface area contributed by atoms with Crippen molar-refractivity contribution in [3.63, 3.8) is 0 Å². The lowest BCUT2D eigenvalue weighted by atomic mass is 10.2. The smallest absolute Gasteiger partial charge is 0.323 e. The summed E-state index contributed by atoms with van der Waals surface area (Å²) < 4.78 is 65.2. The first kappa shape index (κ1) is 27.6.